The van der Waals surface area contributed by atoms with Crippen LogP contribution in [0.2, 0.25) is 0 Å². The standard InChI is InChI=1S/C10H14Cl2N2O2/c1-3-13(4-2)14-8(12)6-5-7(11)9(14)10(15)16/h5-6,9H,3-4H2,1-2H3,(H,15,16). The van der Waals surface area contributed by atoms with Crippen molar-refractivity contribution in [1.29, 1.82) is 0 Å². The first-order valence-electron chi connectivity index (χ1n) is 5.02. The second-order valence-electron chi connectivity index (χ2n) is 3.27. The van der Waals surface area contributed by atoms with E-state index < -0.39 is 12.0 Å². The summed E-state index contributed by atoms with van der Waals surface area (Å²) in [5, 5.41) is 13.1. The number of nitrogens with zero attached hydrogens (tertiary/aromatic N) is 2. The molecule has 0 saturated carbocycles. The molecular formula is C10H14Cl2N2O2. The molecule has 1 N–H and O–H groups in total. The van der Waals surface area contributed by atoms with Crippen molar-refractivity contribution in [2.24, 2.45) is 0 Å². The van der Waals surface area contributed by atoms with E-state index in [0.29, 0.717) is 18.2 Å². The number of aliphatic carboxylic acids is 1. The van der Waals surface area contributed by atoms with Gasteiger partial charge in [-0.3, -0.25) is 5.01 Å². The molecule has 0 spiro atoms. The number of hydrazine groups is 1. The summed E-state index contributed by atoms with van der Waals surface area (Å²) in [6.07, 6.45) is 3.12. The third kappa shape index (κ3) is 2.51. The lowest BCUT2D eigenvalue weighted by Crippen LogP contribution is -2.51. The van der Waals surface area contributed by atoms with E-state index in [1.165, 1.54) is 11.1 Å². The van der Waals surface area contributed by atoms with Crippen LogP contribution in [-0.4, -0.2) is 40.2 Å². The minimum Gasteiger partial charge on any atom is -0.479 e. The summed E-state index contributed by atoms with van der Waals surface area (Å²) in [6, 6.07) is -0.931. The van der Waals surface area contributed by atoms with Crippen molar-refractivity contribution in [1.82, 2.24) is 10.0 Å². The zero-order valence-electron chi connectivity index (χ0n) is 9.15. The molecule has 16 heavy (non-hydrogen) atoms. The molecule has 0 fully saturated rings. The normalized spacial score (nSPS) is 20.8. The monoisotopic (exact) mass is 264 g/mol. The quantitative estimate of drug-likeness (QED) is 0.791. The second kappa shape index (κ2) is 5.57. The van der Waals surface area contributed by atoms with E-state index in [1.54, 1.807) is 6.08 Å². The number of carbonyl (C=O) groups is 1. The molecule has 0 aromatic heterocycles. The molecule has 1 aliphatic heterocycles. The molecule has 0 aromatic carbocycles. The zero-order chi connectivity index (χ0) is 12.3. The summed E-state index contributed by atoms with van der Waals surface area (Å²) in [5.41, 5.74) is 0. The topological polar surface area (TPSA) is 43.8 Å². The summed E-state index contributed by atoms with van der Waals surface area (Å²) in [7, 11) is 0. The highest BCUT2D eigenvalue weighted by atomic mass is 35.5. The summed E-state index contributed by atoms with van der Waals surface area (Å²) in [4.78, 5) is 11.2. The van der Waals surface area contributed by atoms with Gasteiger partial charge in [-0.05, 0) is 12.2 Å². The van der Waals surface area contributed by atoms with Crippen LogP contribution in [0, 0.1) is 0 Å². The Balaban J connectivity index is 3.07. The van der Waals surface area contributed by atoms with Crippen LogP contribution in [0.3, 0.4) is 0 Å². The van der Waals surface area contributed by atoms with Crippen LogP contribution < -0.4 is 0 Å². The van der Waals surface area contributed by atoms with E-state index in [-0.39, 0.29) is 5.03 Å². The molecule has 1 heterocycles. The molecule has 0 amide bonds. The van der Waals surface area contributed by atoms with Crippen LogP contribution in [-0.2, 0) is 4.79 Å². The van der Waals surface area contributed by atoms with Gasteiger partial charge < -0.3 is 5.11 Å². The maximum Gasteiger partial charge on any atom is 0.333 e. The molecule has 0 radical (unpaired) electrons. The molecule has 4 nitrogen and oxygen atoms in total. The van der Waals surface area contributed by atoms with Crippen LogP contribution in [0.4, 0.5) is 0 Å². The third-order valence-corrected chi connectivity index (χ3v) is 3.01. The van der Waals surface area contributed by atoms with E-state index in [0.717, 1.165) is 0 Å². The van der Waals surface area contributed by atoms with Crippen molar-refractivity contribution in [3.05, 3.63) is 22.3 Å². The van der Waals surface area contributed by atoms with Crippen molar-refractivity contribution in [2.45, 2.75) is 19.9 Å². The highest BCUT2D eigenvalue weighted by Gasteiger charge is 2.34. The lowest BCUT2D eigenvalue weighted by molar-refractivity contribution is -0.146. The van der Waals surface area contributed by atoms with Crippen molar-refractivity contribution >= 4 is 29.2 Å². The lowest BCUT2D eigenvalue weighted by Gasteiger charge is -2.39. The minimum absolute atomic E-state index is 0.254. The summed E-state index contributed by atoms with van der Waals surface area (Å²) in [5.74, 6) is -1.01. The van der Waals surface area contributed by atoms with Crippen molar-refractivity contribution in [2.75, 3.05) is 13.1 Å². The first kappa shape index (κ1) is 13.4. The van der Waals surface area contributed by atoms with Crippen LogP contribution in [0.5, 0.6) is 0 Å². The number of hydrogen-bond donors (Lipinski definition) is 1. The van der Waals surface area contributed by atoms with E-state index in [2.05, 4.69) is 0 Å². The Morgan fingerprint density at radius 1 is 1.44 bits per heavy atom. The van der Waals surface area contributed by atoms with Gasteiger partial charge in [0.05, 0.1) is 5.03 Å². The molecule has 90 valence electrons. The molecular weight excluding hydrogens is 251 g/mol. The van der Waals surface area contributed by atoms with Gasteiger partial charge in [0, 0.05) is 13.1 Å². The highest BCUT2D eigenvalue weighted by Crippen LogP contribution is 2.28. The van der Waals surface area contributed by atoms with Crippen LogP contribution in [0.25, 0.3) is 0 Å². The van der Waals surface area contributed by atoms with Gasteiger partial charge in [-0.15, -0.1) is 0 Å². The van der Waals surface area contributed by atoms with Crippen molar-refractivity contribution in [3.8, 4) is 0 Å². The third-order valence-electron chi connectivity index (χ3n) is 2.37. The molecule has 1 unspecified atom stereocenters. The Kier molecular flexibility index (Phi) is 4.65. The number of carboxylic acid groups (broad SMARTS) is 1. The SMILES string of the molecule is CCN(CC)N1C(Cl)=CC=C(Cl)C1C(=O)O. The summed E-state index contributed by atoms with van der Waals surface area (Å²) in [6.45, 7) is 5.18. The van der Waals surface area contributed by atoms with E-state index >= 15 is 0 Å². The predicted octanol–water partition coefficient (Wildman–Crippen LogP) is 2.21. The molecule has 0 saturated heterocycles. The maximum atomic E-state index is 11.2. The van der Waals surface area contributed by atoms with Crippen LogP contribution in [0.15, 0.2) is 22.3 Å². The lowest BCUT2D eigenvalue weighted by atomic mass is 10.2. The van der Waals surface area contributed by atoms with E-state index in [4.69, 9.17) is 28.3 Å². The van der Waals surface area contributed by atoms with Gasteiger partial charge in [-0.2, -0.15) is 0 Å². The molecule has 0 aromatic rings. The highest BCUT2D eigenvalue weighted by molar-refractivity contribution is 6.33. The zero-order valence-corrected chi connectivity index (χ0v) is 10.7. The Hall–Kier alpha value is -0.710. The molecule has 0 bridgehead atoms. The first-order chi connectivity index (χ1) is 7.52. The number of hydrogen-bond acceptors (Lipinski definition) is 3. The average molecular weight is 265 g/mol. The van der Waals surface area contributed by atoms with Gasteiger partial charge >= 0.3 is 5.97 Å². The molecule has 1 rings (SSSR count). The maximum absolute atomic E-state index is 11.2. The van der Waals surface area contributed by atoms with Crippen LogP contribution in [0.1, 0.15) is 13.8 Å². The van der Waals surface area contributed by atoms with Gasteiger partial charge in [-0.1, -0.05) is 37.0 Å². The minimum atomic E-state index is -1.01. The fraction of sp³-hybridized carbons (Fsp3) is 0.500. The Morgan fingerprint density at radius 3 is 2.44 bits per heavy atom. The fourth-order valence-electron chi connectivity index (χ4n) is 1.61. The summed E-state index contributed by atoms with van der Waals surface area (Å²) < 4.78 is 0. The van der Waals surface area contributed by atoms with Crippen LogP contribution >= 0.6 is 23.2 Å². The smallest absolute Gasteiger partial charge is 0.333 e. The van der Waals surface area contributed by atoms with Crippen molar-refractivity contribution in [3.63, 3.8) is 0 Å². The predicted molar refractivity (Wildman–Crippen MR) is 64.1 cm³/mol. The van der Waals surface area contributed by atoms with Gasteiger partial charge in [0.1, 0.15) is 5.16 Å². The molecule has 1 aliphatic rings. The summed E-state index contributed by atoms with van der Waals surface area (Å²) >= 11 is 11.9. The van der Waals surface area contributed by atoms with E-state index in [9.17, 15) is 4.79 Å². The van der Waals surface area contributed by atoms with Gasteiger partial charge in [-0.25, -0.2) is 9.80 Å². The molecule has 0 aliphatic carbocycles. The number of allylic oxidation sites excluding steroid dienone is 2. The van der Waals surface area contributed by atoms with E-state index in [1.807, 2.05) is 18.9 Å². The molecule has 6 heteroatoms. The number of halogens is 2. The number of carboxylic acids is 1. The van der Waals surface area contributed by atoms with Gasteiger partial charge in [0.15, 0.2) is 6.04 Å². The number of rotatable bonds is 4. The van der Waals surface area contributed by atoms with Gasteiger partial charge in [0.25, 0.3) is 0 Å². The Morgan fingerprint density at radius 2 is 2.00 bits per heavy atom. The van der Waals surface area contributed by atoms with Crippen molar-refractivity contribution < 1.29 is 9.90 Å². The molecule has 1 atom stereocenters. The fourth-order valence-corrected chi connectivity index (χ4v) is 2.12. The Labute approximate surface area is 105 Å². The Bertz CT molecular complexity index is 338. The van der Waals surface area contributed by atoms with Gasteiger partial charge in [0.2, 0.25) is 0 Å². The average Bonchev–Trinajstić information content (AvgIpc) is 2.24. The first-order valence-corrected chi connectivity index (χ1v) is 5.78. The largest absolute Gasteiger partial charge is 0.479 e. The second-order valence-corrected chi connectivity index (χ2v) is 4.09.